The van der Waals surface area contributed by atoms with Crippen molar-refractivity contribution in [3.63, 3.8) is 0 Å². The van der Waals surface area contributed by atoms with Crippen LogP contribution in [0.5, 0.6) is 0 Å². The molecule has 14 nitrogen and oxygen atoms in total. The fourth-order valence-corrected chi connectivity index (χ4v) is 6.24. The van der Waals surface area contributed by atoms with E-state index in [4.69, 9.17) is 9.47 Å². The summed E-state index contributed by atoms with van der Waals surface area (Å²) in [7, 11) is 5.68. The van der Waals surface area contributed by atoms with Crippen LogP contribution < -0.4 is 20.4 Å². The van der Waals surface area contributed by atoms with Crippen LogP contribution in [-0.2, 0) is 9.47 Å². The lowest BCUT2D eigenvalue weighted by atomic mass is 10.0. The highest BCUT2D eigenvalue weighted by molar-refractivity contribution is 5.68. The van der Waals surface area contributed by atoms with E-state index in [1.807, 2.05) is 82.7 Å². The molecule has 2 N–H and O–H groups in total. The SMILES string of the molecule is CN(C(=O)OC(C)(C)C)C1CCNCC1.CNC1CCN(c2cncc(C)n2)CC1.Cc1cncc(N2CCC(N(C)C(=O)OC(C)(C)C)CC2)n1. The second-order valence-electron chi connectivity index (χ2n) is 16.0. The fraction of sp³-hybridized carbons (Fsp3) is 0.737. The zero-order valence-corrected chi connectivity index (χ0v) is 33.7. The summed E-state index contributed by atoms with van der Waals surface area (Å²) in [5.41, 5.74) is 1.05. The van der Waals surface area contributed by atoms with Gasteiger partial charge in [-0.05, 0) is 114 Å². The molecule has 52 heavy (non-hydrogen) atoms. The highest BCUT2D eigenvalue weighted by atomic mass is 16.6. The molecule has 14 heteroatoms. The molecular formula is C38H66N10O4. The molecular weight excluding hydrogens is 660 g/mol. The fourth-order valence-electron chi connectivity index (χ4n) is 6.24. The van der Waals surface area contributed by atoms with Gasteiger partial charge in [-0.15, -0.1) is 0 Å². The maximum absolute atomic E-state index is 12.1. The summed E-state index contributed by atoms with van der Waals surface area (Å²) < 4.78 is 10.8. The zero-order valence-electron chi connectivity index (χ0n) is 33.7. The summed E-state index contributed by atoms with van der Waals surface area (Å²) in [5, 5.41) is 6.60. The topological polar surface area (TPSA) is 141 Å². The van der Waals surface area contributed by atoms with E-state index in [2.05, 4.69) is 40.4 Å². The van der Waals surface area contributed by atoms with Crippen molar-refractivity contribution in [1.82, 2.24) is 40.4 Å². The summed E-state index contributed by atoms with van der Waals surface area (Å²) in [5.74, 6) is 1.93. The van der Waals surface area contributed by atoms with Gasteiger partial charge in [-0.2, -0.15) is 0 Å². The number of aromatic nitrogens is 4. The minimum Gasteiger partial charge on any atom is -0.444 e. The Bertz CT molecular complexity index is 1380. The van der Waals surface area contributed by atoms with Crippen LogP contribution in [-0.4, -0.2) is 132 Å². The molecule has 3 aliphatic heterocycles. The average molecular weight is 727 g/mol. The maximum atomic E-state index is 12.1. The summed E-state index contributed by atoms with van der Waals surface area (Å²) in [6.45, 7) is 21.1. The molecule has 292 valence electrons. The minimum absolute atomic E-state index is 0.212. The van der Waals surface area contributed by atoms with Crippen molar-refractivity contribution in [2.24, 2.45) is 0 Å². The quantitative estimate of drug-likeness (QED) is 0.419. The van der Waals surface area contributed by atoms with Crippen molar-refractivity contribution in [3.8, 4) is 0 Å². The van der Waals surface area contributed by atoms with Gasteiger partial charge in [0.05, 0.1) is 23.8 Å². The first-order valence-electron chi connectivity index (χ1n) is 18.8. The van der Waals surface area contributed by atoms with Gasteiger partial charge in [-0.1, -0.05) is 0 Å². The number of carbonyl (C=O) groups is 2. The monoisotopic (exact) mass is 727 g/mol. The Morgan fingerprint density at radius 1 is 0.692 bits per heavy atom. The van der Waals surface area contributed by atoms with Gasteiger partial charge in [0, 0.05) is 70.8 Å². The van der Waals surface area contributed by atoms with Crippen molar-refractivity contribution < 1.29 is 19.1 Å². The molecule has 0 atom stereocenters. The van der Waals surface area contributed by atoms with Crippen LogP contribution in [0.2, 0.25) is 0 Å². The Morgan fingerprint density at radius 3 is 1.44 bits per heavy atom. The van der Waals surface area contributed by atoms with Gasteiger partial charge in [0.2, 0.25) is 0 Å². The van der Waals surface area contributed by atoms with E-state index in [1.54, 1.807) is 28.4 Å². The second kappa shape index (κ2) is 19.9. The lowest BCUT2D eigenvalue weighted by molar-refractivity contribution is 0.0187. The number of hydrogen-bond acceptors (Lipinski definition) is 12. The number of nitrogens with one attached hydrogen (secondary N) is 2. The molecule has 0 aromatic carbocycles. The maximum Gasteiger partial charge on any atom is 0.410 e. The van der Waals surface area contributed by atoms with Gasteiger partial charge >= 0.3 is 12.2 Å². The summed E-state index contributed by atoms with van der Waals surface area (Å²) in [6, 6.07) is 1.20. The molecule has 5 heterocycles. The summed E-state index contributed by atoms with van der Waals surface area (Å²) in [6.07, 6.45) is 12.9. The molecule has 0 saturated carbocycles. The number of piperidine rings is 3. The standard InChI is InChI=1S/C16H26N4O2.C11H18N4.C11H22N2O2/c1-12-10-17-11-14(18-12)20-8-6-13(7-9-20)19(5)15(21)22-16(2,3)4;1-9-7-13-8-11(14-9)15-5-3-10(12-2)4-6-15;1-11(2,3)15-10(14)13(4)9-5-7-12-8-6-9/h10-11,13H,6-9H2,1-5H3;7-8,10,12H,3-6H2,1-2H3;9,12H,5-8H2,1-4H3. The molecule has 3 saturated heterocycles. The molecule has 3 fully saturated rings. The highest BCUT2D eigenvalue weighted by Crippen LogP contribution is 2.22. The van der Waals surface area contributed by atoms with Crippen LogP contribution in [0.25, 0.3) is 0 Å². The van der Waals surface area contributed by atoms with Crippen molar-refractivity contribution >= 4 is 23.8 Å². The Balaban J connectivity index is 0.000000217. The van der Waals surface area contributed by atoms with Crippen LogP contribution in [0.3, 0.4) is 0 Å². The first-order valence-corrected chi connectivity index (χ1v) is 18.8. The van der Waals surface area contributed by atoms with E-state index in [0.717, 1.165) is 88.0 Å². The highest BCUT2D eigenvalue weighted by Gasteiger charge is 2.29. The number of aryl methyl sites for hydroxylation is 2. The second-order valence-corrected chi connectivity index (χ2v) is 16.0. The molecule has 0 bridgehead atoms. The van der Waals surface area contributed by atoms with Gasteiger partial charge in [0.25, 0.3) is 0 Å². The van der Waals surface area contributed by atoms with Crippen LogP contribution in [0.4, 0.5) is 21.2 Å². The molecule has 0 aliphatic carbocycles. The third kappa shape index (κ3) is 14.7. The number of anilines is 2. The Morgan fingerprint density at radius 2 is 1.08 bits per heavy atom. The summed E-state index contributed by atoms with van der Waals surface area (Å²) in [4.78, 5) is 49.2. The van der Waals surface area contributed by atoms with Gasteiger partial charge in [0.15, 0.2) is 0 Å². The van der Waals surface area contributed by atoms with E-state index in [9.17, 15) is 9.59 Å². The predicted octanol–water partition coefficient (Wildman–Crippen LogP) is 5.20. The number of hydrogen-bond donors (Lipinski definition) is 2. The number of nitrogens with zero attached hydrogens (tertiary/aromatic N) is 8. The molecule has 0 spiro atoms. The van der Waals surface area contributed by atoms with Crippen LogP contribution in [0, 0.1) is 13.8 Å². The van der Waals surface area contributed by atoms with Crippen LogP contribution in [0.15, 0.2) is 24.8 Å². The number of rotatable bonds is 5. The van der Waals surface area contributed by atoms with E-state index >= 15 is 0 Å². The largest absolute Gasteiger partial charge is 0.444 e. The van der Waals surface area contributed by atoms with Crippen LogP contribution >= 0.6 is 0 Å². The predicted molar refractivity (Wildman–Crippen MR) is 207 cm³/mol. The van der Waals surface area contributed by atoms with Crippen molar-refractivity contribution in [3.05, 3.63) is 36.2 Å². The molecule has 5 rings (SSSR count). The van der Waals surface area contributed by atoms with Crippen molar-refractivity contribution in [2.45, 2.75) is 123 Å². The minimum atomic E-state index is -0.455. The van der Waals surface area contributed by atoms with E-state index in [1.165, 1.54) is 12.8 Å². The van der Waals surface area contributed by atoms with E-state index in [-0.39, 0.29) is 18.2 Å². The lowest BCUT2D eigenvalue weighted by Crippen LogP contribution is -2.47. The van der Waals surface area contributed by atoms with Crippen LogP contribution in [0.1, 0.15) is 91.5 Å². The Kier molecular flexibility index (Phi) is 16.3. The van der Waals surface area contributed by atoms with Gasteiger partial charge < -0.3 is 39.7 Å². The Hall–Kier alpha value is -3.78. The molecule has 3 aliphatic rings. The number of carbonyl (C=O) groups excluding carboxylic acids is 2. The third-order valence-corrected chi connectivity index (χ3v) is 9.27. The number of ether oxygens (including phenoxy) is 2. The van der Waals surface area contributed by atoms with Gasteiger partial charge in [0.1, 0.15) is 22.8 Å². The zero-order chi connectivity index (χ0) is 38.5. The van der Waals surface area contributed by atoms with Gasteiger partial charge in [-0.25, -0.2) is 19.6 Å². The van der Waals surface area contributed by atoms with Crippen molar-refractivity contribution in [1.29, 1.82) is 0 Å². The summed E-state index contributed by atoms with van der Waals surface area (Å²) >= 11 is 0. The van der Waals surface area contributed by atoms with Gasteiger partial charge in [-0.3, -0.25) is 9.97 Å². The normalized spacial score (nSPS) is 17.6. The van der Waals surface area contributed by atoms with E-state index < -0.39 is 11.2 Å². The van der Waals surface area contributed by atoms with Crippen molar-refractivity contribution in [2.75, 3.05) is 70.2 Å². The lowest BCUT2D eigenvalue weighted by Gasteiger charge is -2.37. The first kappa shape index (κ1) is 42.6. The first-order chi connectivity index (χ1) is 24.5. The molecule has 2 aromatic rings. The third-order valence-electron chi connectivity index (χ3n) is 9.27. The molecule has 0 unspecified atom stereocenters. The number of amides is 2. The average Bonchev–Trinajstić information content (AvgIpc) is 3.10. The smallest absolute Gasteiger partial charge is 0.410 e. The van der Waals surface area contributed by atoms with E-state index in [0.29, 0.717) is 12.1 Å². The molecule has 2 aromatic heterocycles. The molecule has 0 radical (unpaired) electrons. The Labute approximate surface area is 312 Å². The molecule has 2 amide bonds.